The molecule has 0 saturated heterocycles. The number of aryl methyl sites for hydroxylation is 1. The average Bonchev–Trinajstić information content (AvgIpc) is 2.73. The number of benzene rings is 1. The molecule has 0 atom stereocenters. The Morgan fingerprint density at radius 3 is 2.38 bits per heavy atom. The fourth-order valence-electron chi connectivity index (χ4n) is 2.87. The molecule has 0 N–H and O–H groups in total. The Morgan fingerprint density at radius 1 is 0.952 bits per heavy atom. The number of fused-ring (bicyclic) bond motifs is 1. The molecule has 0 spiro atoms. The van der Waals surface area contributed by atoms with Crippen LogP contribution in [0, 0.1) is 0 Å². The molecule has 0 bridgehead atoms. The summed E-state index contributed by atoms with van der Waals surface area (Å²) in [5, 5.41) is 0.643. The molecule has 3 heteroatoms. The fraction of sp³-hybridized carbons (Fsp3) is 0.444. The largest absolute Gasteiger partial charge is 0.233 e. The molecule has 0 unspecified atom stereocenters. The predicted octanol–water partition coefficient (Wildman–Crippen LogP) is 5.19. The lowest BCUT2D eigenvalue weighted by Crippen LogP contribution is -2.02. The third kappa shape index (κ3) is 3.11. The van der Waals surface area contributed by atoms with Crippen molar-refractivity contribution in [2.75, 3.05) is 0 Å². The summed E-state index contributed by atoms with van der Waals surface area (Å²) in [5.74, 6) is 1.30. The summed E-state index contributed by atoms with van der Waals surface area (Å²) in [4.78, 5) is 9.31. The van der Waals surface area contributed by atoms with Crippen molar-refractivity contribution >= 4 is 11.6 Å². The van der Waals surface area contributed by atoms with Crippen LogP contribution in [-0.2, 0) is 12.8 Å². The van der Waals surface area contributed by atoms with Crippen LogP contribution in [0.15, 0.2) is 24.3 Å². The zero-order chi connectivity index (χ0) is 14.8. The van der Waals surface area contributed by atoms with E-state index in [2.05, 4.69) is 43.1 Å². The van der Waals surface area contributed by atoms with E-state index in [0.717, 1.165) is 35.5 Å². The zero-order valence-electron chi connectivity index (χ0n) is 12.7. The average molecular weight is 301 g/mol. The Hall–Kier alpha value is -1.41. The van der Waals surface area contributed by atoms with Gasteiger partial charge >= 0.3 is 0 Å². The van der Waals surface area contributed by atoms with Crippen LogP contribution in [0.25, 0.3) is 11.4 Å². The number of nitrogens with zero attached hydrogens (tertiary/aromatic N) is 2. The van der Waals surface area contributed by atoms with Crippen LogP contribution in [0.3, 0.4) is 0 Å². The molecule has 21 heavy (non-hydrogen) atoms. The standard InChI is InChI=1S/C18H21ClN2/c1-12(2)13-8-10-14(11-9-13)18-20-16-7-5-3-4-6-15(16)17(19)21-18/h8-12H,3-7H2,1-2H3. The third-order valence-corrected chi connectivity index (χ3v) is 4.53. The highest BCUT2D eigenvalue weighted by Crippen LogP contribution is 2.28. The monoisotopic (exact) mass is 300 g/mol. The first-order chi connectivity index (χ1) is 10.1. The molecule has 110 valence electrons. The minimum atomic E-state index is 0.538. The summed E-state index contributed by atoms with van der Waals surface area (Å²) in [6.45, 7) is 4.40. The summed E-state index contributed by atoms with van der Waals surface area (Å²) in [7, 11) is 0. The van der Waals surface area contributed by atoms with Crippen molar-refractivity contribution in [3.63, 3.8) is 0 Å². The van der Waals surface area contributed by atoms with Gasteiger partial charge < -0.3 is 0 Å². The van der Waals surface area contributed by atoms with Gasteiger partial charge in [0.1, 0.15) is 5.15 Å². The maximum absolute atomic E-state index is 6.40. The third-order valence-electron chi connectivity index (χ3n) is 4.22. The molecule has 1 aliphatic carbocycles. The number of rotatable bonds is 2. The topological polar surface area (TPSA) is 25.8 Å². The summed E-state index contributed by atoms with van der Waals surface area (Å²) >= 11 is 6.40. The molecule has 0 aliphatic heterocycles. The Morgan fingerprint density at radius 2 is 1.67 bits per heavy atom. The number of halogens is 1. The lowest BCUT2D eigenvalue weighted by atomic mass is 10.0. The molecule has 2 aromatic rings. The van der Waals surface area contributed by atoms with E-state index in [1.807, 2.05) is 0 Å². The number of hydrogen-bond acceptors (Lipinski definition) is 2. The molecule has 0 saturated carbocycles. The summed E-state index contributed by atoms with van der Waals surface area (Å²) in [5.41, 5.74) is 4.69. The van der Waals surface area contributed by atoms with Crippen molar-refractivity contribution in [1.82, 2.24) is 9.97 Å². The van der Waals surface area contributed by atoms with Gasteiger partial charge in [-0.2, -0.15) is 0 Å². The van der Waals surface area contributed by atoms with Crippen LogP contribution in [0.4, 0.5) is 0 Å². The maximum atomic E-state index is 6.40. The van der Waals surface area contributed by atoms with Crippen molar-refractivity contribution in [2.45, 2.75) is 51.9 Å². The second-order valence-corrected chi connectivity index (χ2v) is 6.46. The molecule has 1 aromatic heterocycles. The van der Waals surface area contributed by atoms with Crippen LogP contribution in [0.5, 0.6) is 0 Å². The van der Waals surface area contributed by atoms with Crippen molar-refractivity contribution < 1.29 is 0 Å². The van der Waals surface area contributed by atoms with Crippen LogP contribution in [-0.4, -0.2) is 9.97 Å². The van der Waals surface area contributed by atoms with E-state index in [-0.39, 0.29) is 0 Å². The molecule has 0 radical (unpaired) electrons. The molecule has 3 rings (SSSR count). The van der Waals surface area contributed by atoms with E-state index < -0.39 is 0 Å². The Bertz CT molecular complexity index is 632. The minimum Gasteiger partial charge on any atom is -0.233 e. The lowest BCUT2D eigenvalue weighted by Gasteiger charge is -2.10. The normalized spacial score (nSPS) is 14.9. The van der Waals surface area contributed by atoms with Crippen molar-refractivity contribution in [3.8, 4) is 11.4 Å². The molecule has 1 heterocycles. The SMILES string of the molecule is CC(C)c1ccc(-c2nc(Cl)c3c(n2)CCCCC3)cc1. The van der Waals surface area contributed by atoms with Crippen LogP contribution < -0.4 is 0 Å². The van der Waals surface area contributed by atoms with Crippen molar-refractivity contribution in [3.05, 3.63) is 46.2 Å². The minimum absolute atomic E-state index is 0.538. The highest BCUT2D eigenvalue weighted by atomic mass is 35.5. The second kappa shape index (κ2) is 6.15. The highest BCUT2D eigenvalue weighted by molar-refractivity contribution is 6.30. The number of hydrogen-bond donors (Lipinski definition) is 0. The van der Waals surface area contributed by atoms with Crippen molar-refractivity contribution in [1.29, 1.82) is 0 Å². The highest BCUT2D eigenvalue weighted by Gasteiger charge is 2.16. The van der Waals surface area contributed by atoms with Crippen molar-refractivity contribution in [2.24, 2.45) is 0 Å². The Kier molecular flexibility index (Phi) is 4.25. The van der Waals surface area contributed by atoms with Gasteiger partial charge in [0.15, 0.2) is 5.82 Å². The number of aromatic nitrogens is 2. The summed E-state index contributed by atoms with van der Waals surface area (Å²) < 4.78 is 0. The fourth-order valence-corrected chi connectivity index (χ4v) is 3.15. The van der Waals surface area contributed by atoms with Gasteiger partial charge in [0.05, 0.1) is 0 Å². The molecule has 0 amide bonds. The quantitative estimate of drug-likeness (QED) is 0.563. The van der Waals surface area contributed by atoms with Crippen LogP contribution >= 0.6 is 11.6 Å². The molecular weight excluding hydrogens is 280 g/mol. The Balaban J connectivity index is 1.99. The van der Waals surface area contributed by atoms with E-state index in [1.165, 1.54) is 24.8 Å². The van der Waals surface area contributed by atoms with Gasteiger partial charge in [-0.25, -0.2) is 9.97 Å². The van der Waals surface area contributed by atoms with E-state index in [0.29, 0.717) is 11.1 Å². The van der Waals surface area contributed by atoms with E-state index >= 15 is 0 Å². The molecule has 1 aromatic carbocycles. The first-order valence-electron chi connectivity index (χ1n) is 7.81. The van der Waals surface area contributed by atoms with E-state index in [4.69, 9.17) is 16.6 Å². The molecule has 2 nitrogen and oxygen atoms in total. The zero-order valence-corrected chi connectivity index (χ0v) is 13.5. The summed E-state index contributed by atoms with van der Waals surface area (Å²) in [6.07, 6.45) is 5.69. The summed E-state index contributed by atoms with van der Waals surface area (Å²) in [6, 6.07) is 8.51. The first kappa shape index (κ1) is 14.5. The van der Waals surface area contributed by atoms with Crippen LogP contribution in [0.2, 0.25) is 5.15 Å². The molecule has 0 fully saturated rings. The van der Waals surface area contributed by atoms with E-state index in [9.17, 15) is 0 Å². The molecule has 1 aliphatic rings. The smallest absolute Gasteiger partial charge is 0.161 e. The molecular formula is C18H21ClN2. The van der Waals surface area contributed by atoms with Gasteiger partial charge in [-0.3, -0.25) is 0 Å². The van der Waals surface area contributed by atoms with Gasteiger partial charge in [0.2, 0.25) is 0 Å². The van der Waals surface area contributed by atoms with Gasteiger partial charge in [0, 0.05) is 16.8 Å². The van der Waals surface area contributed by atoms with Gasteiger partial charge in [-0.1, -0.05) is 56.1 Å². The van der Waals surface area contributed by atoms with E-state index in [1.54, 1.807) is 0 Å². The van der Waals surface area contributed by atoms with Gasteiger partial charge in [-0.05, 0) is 37.2 Å². The lowest BCUT2D eigenvalue weighted by molar-refractivity contribution is 0.709. The van der Waals surface area contributed by atoms with Gasteiger partial charge in [-0.15, -0.1) is 0 Å². The first-order valence-corrected chi connectivity index (χ1v) is 8.18. The Labute approximate surface area is 131 Å². The van der Waals surface area contributed by atoms with Crippen LogP contribution in [0.1, 0.15) is 55.8 Å². The maximum Gasteiger partial charge on any atom is 0.161 e. The second-order valence-electron chi connectivity index (χ2n) is 6.10. The van der Waals surface area contributed by atoms with Gasteiger partial charge in [0.25, 0.3) is 0 Å². The predicted molar refractivity (Wildman–Crippen MR) is 87.8 cm³/mol.